The van der Waals surface area contributed by atoms with Gasteiger partial charge in [0.25, 0.3) is 0 Å². The van der Waals surface area contributed by atoms with Crippen molar-refractivity contribution >= 4 is 5.91 Å². The topological polar surface area (TPSA) is 33.2 Å². The largest absolute Gasteiger partial charge is 0.338 e. The first kappa shape index (κ1) is 19.7. The lowest BCUT2D eigenvalue weighted by Gasteiger charge is -2.23. The summed E-state index contributed by atoms with van der Waals surface area (Å²) in [5.74, 6) is -0.209. The van der Waals surface area contributed by atoms with Gasteiger partial charge in [-0.3, -0.25) is 9.78 Å². The van der Waals surface area contributed by atoms with Crippen LogP contribution in [0.2, 0.25) is 0 Å². The Morgan fingerprint density at radius 3 is 2.54 bits per heavy atom. The van der Waals surface area contributed by atoms with Crippen LogP contribution in [0.5, 0.6) is 0 Å². The standard InChI is InChI=1S/C24H25FN2O/c1-18-6-7-19(2)21(15-18)16-24(28)27(14-12-23-5-3-4-13-26-23)17-20-8-10-22(25)11-9-20/h3-11,13,15H,12,14,16-17H2,1-2H3. The molecule has 0 radical (unpaired) electrons. The molecule has 3 aromatic rings. The van der Waals surface area contributed by atoms with Gasteiger partial charge in [0.05, 0.1) is 6.42 Å². The maximum atomic E-state index is 13.2. The molecule has 0 N–H and O–H groups in total. The second-order valence-corrected chi connectivity index (χ2v) is 7.12. The highest BCUT2D eigenvalue weighted by Gasteiger charge is 2.16. The molecule has 0 aliphatic rings. The molecule has 0 bridgehead atoms. The van der Waals surface area contributed by atoms with Crippen molar-refractivity contribution < 1.29 is 9.18 Å². The van der Waals surface area contributed by atoms with E-state index >= 15 is 0 Å². The number of pyridine rings is 1. The van der Waals surface area contributed by atoms with Crippen molar-refractivity contribution in [2.24, 2.45) is 0 Å². The van der Waals surface area contributed by atoms with E-state index in [4.69, 9.17) is 0 Å². The van der Waals surface area contributed by atoms with Crippen molar-refractivity contribution in [2.75, 3.05) is 6.54 Å². The van der Waals surface area contributed by atoms with Crippen LogP contribution in [0.1, 0.15) is 27.9 Å². The van der Waals surface area contributed by atoms with Gasteiger partial charge in [0.15, 0.2) is 0 Å². The quantitative estimate of drug-likeness (QED) is 0.601. The lowest BCUT2D eigenvalue weighted by atomic mass is 10.0. The number of amides is 1. The van der Waals surface area contributed by atoms with Crippen LogP contribution in [0.15, 0.2) is 66.9 Å². The number of hydrogen-bond acceptors (Lipinski definition) is 2. The number of halogens is 1. The lowest BCUT2D eigenvalue weighted by molar-refractivity contribution is -0.131. The van der Waals surface area contributed by atoms with Gasteiger partial charge < -0.3 is 4.90 Å². The number of nitrogens with zero attached hydrogens (tertiary/aromatic N) is 2. The van der Waals surface area contributed by atoms with Crippen molar-refractivity contribution in [1.29, 1.82) is 0 Å². The van der Waals surface area contributed by atoms with Crippen LogP contribution in [0.4, 0.5) is 4.39 Å². The predicted molar refractivity (Wildman–Crippen MR) is 109 cm³/mol. The maximum Gasteiger partial charge on any atom is 0.227 e. The summed E-state index contributed by atoms with van der Waals surface area (Å²) in [5, 5.41) is 0. The molecule has 28 heavy (non-hydrogen) atoms. The number of carbonyl (C=O) groups is 1. The molecule has 0 atom stereocenters. The molecule has 0 saturated carbocycles. The zero-order valence-corrected chi connectivity index (χ0v) is 16.4. The van der Waals surface area contributed by atoms with E-state index in [2.05, 4.69) is 23.2 Å². The number of aromatic nitrogens is 1. The molecule has 0 aliphatic carbocycles. The van der Waals surface area contributed by atoms with Crippen molar-refractivity contribution in [3.63, 3.8) is 0 Å². The Bertz CT molecular complexity index is 923. The van der Waals surface area contributed by atoms with E-state index in [-0.39, 0.29) is 11.7 Å². The van der Waals surface area contributed by atoms with Gasteiger partial charge in [0.1, 0.15) is 5.82 Å². The zero-order valence-electron chi connectivity index (χ0n) is 16.4. The summed E-state index contributed by atoms with van der Waals surface area (Å²) in [6.45, 7) is 5.08. The number of aryl methyl sites for hydroxylation is 2. The van der Waals surface area contributed by atoms with Crippen molar-refractivity contribution in [3.8, 4) is 0 Å². The molecule has 0 spiro atoms. The Kier molecular flexibility index (Phi) is 6.53. The summed E-state index contributed by atoms with van der Waals surface area (Å²) in [6, 6.07) is 18.3. The zero-order chi connectivity index (χ0) is 19.9. The maximum absolute atomic E-state index is 13.2. The fourth-order valence-corrected chi connectivity index (χ4v) is 3.16. The predicted octanol–water partition coefficient (Wildman–Crippen LogP) is 4.65. The van der Waals surface area contributed by atoms with E-state index in [1.165, 1.54) is 12.1 Å². The summed E-state index contributed by atoms with van der Waals surface area (Å²) >= 11 is 0. The van der Waals surface area contributed by atoms with Gasteiger partial charge in [-0.25, -0.2) is 4.39 Å². The molecule has 1 aromatic heterocycles. The summed E-state index contributed by atoms with van der Waals surface area (Å²) in [7, 11) is 0. The van der Waals surface area contributed by atoms with Gasteiger partial charge in [0.2, 0.25) is 5.91 Å². The molecule has 144 valence electrons. The first-order chi connectivity index (χ1) is 13.5. The van der Waals surface area contributed by atoms with Crippen molar-refractivity contribution in [1.82, 2.24) is 9.88 Å². The minimum atomic E-state index is -0.273. The molecule has 4 heteroatoms. The molecule has 0 saturated heterocycles. The highest BCUT2D eigenvalue weighted by molar-refractivity contribution is 5.79. The summed E-state index contributed by atoms with van der Waals surface area (Å²) < 4.78 is 13.2. The fourth-order valence-electron chi connectivity index (χ4n) is 3.16. The fraction of sp³-hybridized carbons (Fsp3) is 0.250. The molecule has 0 fully saturated rings. The Labute approximate surface area is 165 Å². The Morgan fingerprint density at radius 2 is 1.82 bits per heavy atom. The highest BCUT2D eigenvalue weighted by Crippen LogP contribution is 2.15. The van der Waals surface area contributed by atoms with E-state index in [1.54, 1.807) is 18.3 Å². The average molecular weight is 376 g/mol. The minimum absolute atomic E-state index is 0.0638. The van der Waals surface area contributed by atoms with Crippen LogP contribution in [0.25, 0.3) is 0 Å². The second-order valence-electron chi connectivity index (χ2n) is 7.12. The average Bonchev–Trinajstić information content (AvgIpc) is 2.70. The van der Waals surface area contributed by atoms with Crippen LogP contribution in [-0.2, 0) is 24.2 Å². The molecule has 0 unspecified atom stereocenters. The number of rotatable bonds is 7. The first-order valence-electron chi connectivity index (χ1n) is 9.49. The monoisotopic (exact) mass is 376 g/mol. The smallest absolute Gasteiger partial charge is 0.227 e. The second kappa shape index (κ2) is 9.27. The molecular weight excluding hydrogens is 351 g/mol. The van der Waals surface area contributed by atoms with Crippen LogP contribution < -0.4 is 0 Å². The molecular formula is C24H25FN2O. The number of hydrogen-bond donors (Lipinski definition) is 0. The summed E-state index contributed by atoms with van der Waals surface area (Å²) in [6.07, 6.45) is 2.80. The van der Waals surface area contributed by atoms with E-state index in [9.17, 15) is 9.18 Å². The van der Waals surface area contributed by atoms with E-state index in [0.717, 1.165) is 27.9 Å². The Balaban J connectivity index is 1.76. The van der Waals surface area contributed by atoms with Gasteiger partial charge in [-0.05, 0) is 54.8 Å². The van der Waals surface area contributed by atoms with E-state index in [0.29, 0.717) is 25.9 Å². The SMILES string of the molecule is Cc1ccc(C)c(CC(=O)N(CCc2ccccn2)Cc2ccc(F)cc2)c1. The Morgan fingerprint density at radius 1 is 1.04 bits per heavy atom. The number of carbonyl (C=O) groups excluding carboxylic acids is 1. The third kappa shape index (κ3) is 5.49. The van der Waals surface area contributed by atoms with Crippen LogP contribution in [0.3, 0.4) is 0 Å². The first-order valence-corrected chi connectivity index (χ1v) is 9.49. The summed E-state index contributed by atoms with van der Waals surface area (Å²) in [4.78, 5) is 19.3. The van der Waals surface area contributed by atoms with Gasteiger partial charge >= 0.3 is 0 Å². The minimum Gasteiger partial charge on any atom is -0.338 e. The van der Waals surface area contributed by atoms with Gasteiger partial charge in [0, 0.05) is 31.4 Å². The molecule has 3 rings (SSSR count). The van der Waals surface area contributed by atoms with E-state index < -0.39 is 0 Å². The van der Waals surface area contributed by atoms with E-state index in [1.807, 2.05) is 36.9 Å². The molecule has 1 amide bonds. The van der Waals surface area contributed by atoms with Crippen LogP contribution >= 0.6 is 0 Å². The van der Waals surface area contributed by atoms with Gasteiger partial charge in [-0.1, -0.05) is 42.0 Å². The molecule has 3 nitrogen and oxygen atoms in total. The third-order valence-corrected chi connectivity index (χ3v) is 4.85. The van der Waals surface area contributed by atoms with Crippen LogP contribution in [-0.4, -0.2) is 22.3 Å². The third-order valence-electron chi connectivity index (χ3n) is 4.85. The van der Waals surface area contributed by atoms with Gasteiger partial charge in [-0.2, -0.15) is 0 Å². The highest BCUT2D eigenvalue weighted by atomic mass is 19.1. The molecule has 1 heterocycles. The molecule has 2 aromatic carbocycles. The lowest BCUT2D eigenvalue weighted by Crippen LogP contribution is -2.34. The Hall–Kier alpha value is -3.01. The van der Waals surface area contributed by atoms with Gasteiger partial charge in [-0.15, -0.1) is 0 Å². The van der Waals surface area contributed by atoms with Crippen molar-refractivity contribution in [3.05, 3.63) is 101 Å². The van der Waals surface area contributed by atoms with Crippen LogP contribution in [0, 0.1) is 19.7 Å². The normalized spacial score (nSPS) is 10.7. The van der Waals surface area contributed by atoms with Crippen molar-refractivity contribution in [2.45, 2.75) is 33.2 Å². The summed E-state index contributed by atoms with van der Waals surface area (Å²) in [5.41, 5.74) is 5.17. The molecule has 0 aliphatic heterocycles. The number of benzene rings is 2.